The van der Waals surface area contributed by atoms with Crippen molar-refractivity contribution in [2.24, 2.45) is 0 Å². The number of terminal acetylenes is 1. The van der Waals surface area contributed by atoms with Gasteiger partial charge in [-0.2, -0.15) is 0 Å². The van der Waals surface area contributed by atoms with Gasteiger partial charge in [-0.05, 0) is 0 Å². The van der Waals surface area contributed by atoms with E-state index in [1.165, 1.54) is 0 Å². The molecule has 1 rings (SSSR count). The minimum absolute atomic E-state index is 0.119. The maximum Gasteiger partial charge on any atom is 0.232 e. The molecular weight excluding hydrogens is 154 g/mol. The van der Waals surface area contributed by atoms with Crippen molar-refractivity contribution in [3.63, 3.8) is 0 Å². The molecule has 2 N–H and O–H groups in total. The minimum Gasteiger partial charge on any atom is -0.350 e. The molecule has 4 nitrogen and oxygen atoms in total. The number of hydrogen-bond acceptors (Lipinski definition) is 2. The van der Waals surface area contributed by atoms with Gasteiger partial charge in [0.2, 0.25) is 5.91 Å². The van der Waals surface area contributed by atoms with Crippen molar-refractivity contribution in [3.05, 3.63) is 18.2 Å². The SMILES string of the molecule is C#CCC(=O)NCc1cnc[nH]1. The van der Waals surface area contributed by atoms with Gasteiger partial charge in [0.25, 0.3) is 0 Å². The first-order valence-electron chi connectivity index (χ1n) is 3.50. The highest BCUT2D eigenvalue weighted by atomic mass is 16.1. The van der Waals surface area contributed by atoms with Gasteiger partial charge in [0.15, 0.2) is 0 Å². The zero-order valence-electron chi connectivity index (χ0n) is 6.50. The number of H-pyrrole nitrogens is 1. The lowest BCUT2D eigenvalue weighted by Gasteiger charge is -1.98. The van der Waals surface area contributed by atoms with Crippen LogP contribution in [0, 0.1) is 12.3 Å². The first-order chi connectivity index (χ1) is 5.83. The molecule has 12 heavy (non-hydrogen) atoms. The number of hydrogen-bond donors (Lipinski definition) is 2. The summed E-state index contributed by atoms with van der Waals surface area (Å²) in [7, 11) is 0. The Morgan fingerprint density at radius 2 is 2.67 bits per heavy atom. The van der Waals surface area contributed by atoms with Crippen LogP contribution in [-0.2, 0) is 11.3 Å². The van der Waals surface area contributed by atoms with E-state index in [4.69, 9.17) is 6.42 Å². The van der Waals surface area contributed by atoms with Gasteiger partial charge in [0.05, 0.1) is 25.0 Å². The van der Waals surface area contributed by atoms with E-state index in [2.05, 4.69) is 21.2 Å². The zero-order valence-corrected chi connectivity index (χ0v) is 6.50. The monoisotopic (exact) mass is 163 g/mol. The summed E-state index contributed by atoms with van der Waals surface area (Å²) < 4.78 is 0. The Kier molecular flexibility index (Phi) is 2.91. The first-order valence-corrected chi connectivity index (χ1v) is 3.50. The Balaban J connectivity index is 2.28. The molecule has 1 aromatic rings. The van der Waals surface area contributed by atoms with Crippen LogP contribution in [-0.4, -0.2) is 15.9 Å². The summed E-state index contributed by atoms with van der Waals surface area (Å²) in [6.07, 6.45) is 8.27. The highest BCUT2D eigenvalue weighted by Crippen LogP contribution is 1.89. The van der Waals surface area contributed by atoms with Crippen LogP contribution in [0.3, 0.4) is 0 Å². The van der Waals surface area contributed by atoms with Crippen molar-refractivity contribution in [2.45, 2.75) is 13.0 Å². The van der Waals surface area contributed by atoms with E-state index in [1.807, 2.05) is 0 Å². The molecule has 0 saturated heterocycles. The van der Waals surface area contributed by atoms with Gasteiger partial charge in [0, 0.05) is 6.20 Å². The fraction of sp³-hybridized carbons (Fsp3) is 0.250. The third-order valence-electron chi connectivity index (χ3n) is 1.29. The highest BCUT2D eigenvalue weighted by molar-refractivity contribution is 5.78. The number of nitrogens with zero attached hydrogens (tertiary/aromatic N) is 1. The van der Waals surface area contributed by atoms with E-state index < -0.39 is 0 Å². The Labute approximate surface area is 70.4 Å². The predicted molar refractivity (Wildman–Crippen MR) is 43.9 cm³/mol. The quantitative estimate of drug-likeness (QED) is 0.618. The lowest BCUT2D eigenvalue weighted by Crippen LogP contribution is -2.21. The molecule has 0 aromatic carbocycles. The lowest BCUT2D eigenvalue weighted by molar-refractivity contribution is -0.120. The Morgan fingerprint density at radius 3 is 3.25 bits per heavy atom. The van der Waals surface area contributed by atoms with Crippen molar-refractivity contribution in [2.75, 3.05) is 0 Å². The van der Waals surface area contributed by atoms with E-state index in [0.29, 0.717) is 6.54 Å². The van der Waals surface area contributed by atoms with Crippen LogP contribution in [0.5, 0.6) is 0 Å². The molecule has 0 aliphatic rings. The molecule has 0 spiro atoms. The summed E-state index contributed by atoms with van der Waals surface area (Å²) in [6.45, 7) is 0.445. The first kappa shape index (κ1) is 8.34. The summed E-state index contributed by atoms with van der Waals surface area (Å²) in [5.41, 5.74) is 0.861. The highest BCUT2D eigenvalue weighted by Gasteiger charge is 1.98. The fourth-order valence-corrected chi connectivity index (χ4v) is 0.730. The van der Waals surface area contributed by atoms with Crippen LogP contribution < -0.4 is 5.32 Å². The van der Waals surface area contributed by atoms with E-state index in [-0.39, 0.29) is 12.3 Å². The maximum absolute atomic E-state index is 10.9. The van der Waals surface area contributed by atoms with E-state index in [1.54, 1.807) is 12.5 Å². The van der Waals surface area contributed by atoms with E-state index >= 15 is 0 Å². The summed E-state index contributed by atoms with van der Waals surface area (Å²) in [5, 5.41) is 2.63. The molecule has 1 amide bonds. The molecule has 0 bridgehead atoms. The molecule has 62 valence electrons. The fourth-order valence-electron chi connectivity index (χ4n) is 0.730. The van der Waals surface area contributed by atoms with Crippen molar-refractivity contribution >= 4 is 5.91 Å². The smallest absolute Gasteiger partial charge is 0.232 e. The molecule has 0 saturated carbocycles. The maximum atomic E-state index is 10.9. The molecule has 0 aliphatic carbocycles. The summed E-state index contributed by atoms with van der Waals surface area (Å²) in [5.74, 6) is 2.11. The van der Waals surface area contributed by atoms with Gasteiger partial charge in [-0.15, -0.1) is 6.42 Å². The third-order valence-corrected chi connectivity index (χ3v) is 1.29. The third kappa shape index (κ3) is 2.46. The topological polar surface area (TPSA) is 57.8 Å². The Hall–Kier alpha value is -1.76. The molecule has 0 aliphatic heterocycles. The normalized spacial score (nSPS) is 8.92. The molecule has 0 atom stereocenters. The molecule has 1 heterocycles. The van der Waals surface area contributed by atoms with E-state index in [0.717, 1.165) is 5.69 Å². The molecule has 0 radical (unpaired) electrons. The van der Waals surface area contributed by atoms with Crippen LogP contribution in [0.1, 0.15) is 12.1 Å². The molecular formula is C8H9N3O. The van der Waals surface area contributed by atoms with Gasteiger partial charge < -0.3 is 10.3 Å². The number of aromatic nitrogens is 2. The van der Waals surface area contributed by atoms with Crippen molar-refractivity contribution in [1.82, 2.24) is 15.3 Å². The predicted octanol–water partition coefficient (Wildman–Crippen LogP) is 0.0492. The van der Waals surface area contributed by atoms with Crippen molar-refractivity contribution in [3.8, 4) is 12.3 Å². The van der Waals surface area contributed by atoms with Gasteiger partial charge in [-0.1, -0.05) is 5.92 Å². The standard InChI is InChI=1S/C8H9N3O/c1-2-3-8(12)10-5-7-4-9-6-11-7/h1,4,6H,3,5H2,(H,9,11)(H,10,12). The average molecular weight is 163 g/mol. The number of rotatable bonds is 3. The lowest BCUT2D eigenvalue weighted by atomic mass is 10.4. The second kappa shape index (κ2) is 4.19. The number of imidazole rings is 1. The van der Waals surface area contributed by atoms with Gasteiger partial charge in [-0.3, -0.25) is 4.79 Å². The van der Waals surface area contributed by atoms with E-state index in [9.17, 15) is 4.79 Å². The van der Waals surface area contributed by atoms with Gasteiger partial charge in [0.1, 0.15) is 0 Å². The minimum atomic E-state index is -0.146. The van der Waals surface area contributed by atoms with Gasteiger partial charge >= 0.3 is 0 Å². The number of nitrogens with one attached hydrogen (secondary N) is 2. The molecule has 1 aromatic heterocycles. The van der Waals surface area contributed by atoms with Crippen LogP contribution in [0.25, 0.3) is 0 Å². The molecule has 0 fully saturated rings. The molecule has 4 heteroatoms. The number of carbonyl (C=O) groups excluding carboxylic acids is 1. The van der Waals surface area contributed by atoms with Crippen LogP contribution in [0.4, 0.5) is 0 Å². The van der Waals surface area contributed by atoms with Gasteiger partial charge in [-0.25, -0.2) is 4.98 Å². The number of amides is 1. The van der Waals surface area contributed by atoms with Crippen molar-refractivity contribution in [1.29, 1.82) is 0 Å². The average Bonchev–Trinajstić information content (AvgIpc) is 2.53. The number of aromatic amines is 1. The molecule has 0 unspecified atom stereocenters. The second-order valence-electron chi connectivity index (χ2n) is 2.23. The zero-order chi connectivity index (χ0) is 8.81. The Morgan fingerprint density at radius 1 is 1.83 bits per heavy atom. The number of carbonyl (C=O) groups is 1. The van der Waals surface area contributed by atoms with Crippen molar-refractivity contribution < 1.29 is 4.79 Å². The second-order valence-corrected chi connectivity index (χ2v) is 2.23. The summed E-state index contributed by atoms with van der Waals surface area (Å²) >= 11 is 0. The van der Waals surface area contributed by atoms with Crippen LogP contribution in [0.15, 0.2) is 12.5 Å². The van der Waals surface area contributed by atoms with Crippen LogP contribution >= 0.6 is 0 Å². The Bertz CT molecular complexity index is 284. The largest absolute Gasteiger partial charge is 0.350 e. The summed E-state index contributed by atoms with van der Waals surface area (Å²) in [6, 6.07) is 0. The van der Waals surface area contributed by atoms with Crippen LogP contribution in [0.2, 0.25) is 0 Å². The summed E-state index contributed by atoms with van der Waals surface area (Å²) in [4.78, 5) is 17.5.